The predicted octanol–water partition coefficient (Wildman–Crippen LogP) is 16.0. The summed E-state index contributed by atoms with van der Waals surface area (Å²) in [5, 5.41) is 10.2. The van der Waals surface area contributed by atoms with E-state index in [0.29, 0.717) is 0 Å². The zero-order valence-corrected chi connectivity index (χ0v) is 31.4. The lowest BCUT2D eigenvalue weighted by Crippen LogP contribution is -2.10. The number of anilines is 3. The number of benzene rings is 10. The third kappa shape index (κ3) is 5.62. The van der Waals surface area contributed by atoms with Gasteiger partial charge in [-0.25, -0.2) is 0 Å². The molecule has 0 N–H and O–H groups in total. The third-order valence-corrected chi connectivity index (χ3v) is 12.3. The lowest BCUT2D eigenvalue weighted by Gasteiger charge is -2.26. The van der Waals surface area contributed by atoms with Crippen LogP contribution in [0.1, 0.15) is 0 Å². The Hall–Kier alpha value is -7.00. The van der Waals surface area contributed by atoms with Crippen LogP contribution in [0.25, 0.3) is 85.9 Å². The zero-order chi connectivity index (χ0) is 37.0. The van der Waals surface area contributed by atoms with E-state index in [9.17, 15) is 0 Å². The number of thiophene rings is 1. The first kappa shape index (κ1) is 32.4. The third-order valence-electron chi connectivity index (χ3n) is 11.2. The molecule has 2 heteroatoms. The van der Waals surface area contributed by atoms with E-state index in [1.165, 1.54) is 85.9 Å². The fraction of sp³-hybridized carbons (Fsp3) is 0. The van der Waals surface area contributed by atoms with Gasteiger partial charge in [0.15, 0.2) is 0 Å². The van der Waals surface area contributed by atoms with Crippen LogP contribution in [0.4, 0.5) is 17.1 Å². The summed E-state index contributed by atoms with van der Waals surface area (Å²) in [5.74, 6) is 0. The quantitative estimate of drug-likeness (QED) is 0.154. The van der Waals surface area contributed by atoms with Crippen molar-refractivity contribution < 1.29 is 0 Å². The number of hydrogen-bond acceptors (Lipinski definition) is 2. The first-order chi connectivity index (χ1) is 27.7. The van der Waals surface area contributed by atoms with E-state index in [2.05, 4.69) is 217 Å². The highest BCUT2D eigenvalue weighted by atomic mass is 32.1. The number of nitrogens with zero attached hydrogens (tertiary/aromatic N) is 1. The molecule has 0 spiro atoms. The van der Waals surface area contributed by atoms with Crippen LogP contribution in [0.3, 0.4) is 0 Å². The minimum Gasteiger partial charge on any atom is -0.310 e. The molecule has 11 aromatic rings. The second-order valence-corrected chi connectivity index (χ2v) is 15.6. The molecule has 10 aromatic carbocycles. The van der Waals surface area contributed by atoms with Crippen molar-refractivity contribution in [3.63, 3.8) is 0 Å². The molecule has 1 nitrogen and oxygen atoms in total. The average molecular weight is 730 g/mol. The predicted molar refractivity (Wildman–Crippen MR) is 243 cm³/mol. The molecule has 0 aliphatic carbocycles. The van der Waals surface area contributed by atoms with Gasteiger partial charge >= 0.3 is 0 Å². The number of fused-ring (bicyclic) bond motifs is 7. The minimum absolute atomic E-state index is 1.11. The van der Waals surface area contributed by atoms with Crippen LogP contribution in [-0.2, 0) is 0 Å². The van der Waals surface area contributed by atoms with Crippen molar-refractivity contribution in [2.45, 2.75) is 0 Å². The maximum absolute atomic E-state index is 2.40. The standard InChI is InChI=1S/C54H35NS/c1-2-12-36(13-3-1)37-24-27-44(28-25-37)55(46-29-26-40-35-54-52(34-43(40)32-46)50-22-8-9-23-53(50)56-54)45-18-11-16-39(31-45)38-15-10-17-41(30-38)51-33-42-14-4-5-19-47(42)48-20-6-7-21-49(48)51/h1-35H. The summed E-state index contributed by atoms with van der Waals surface area (Å²) in [5.41, 5.74) is 10.6. The van der Waals surface area contributed by atoms with Gasteiger partial charge < -0.3 is 4.90 Å². The minimum atomic E-state index is 1.11. The summed E-state index contributed by atoms with van der Waals surface area (Å²) >= 11 is 1.87. The van der Waals surface area contributed by atoms with Crippen molar-refractivity contribution in [3.05, 3.63) is 212 Å². The molecule has 0 aliphatic rings. The van der Waals surface area contributed by atoms with E-state index < -0.39 is 0 Å². The van der Waals surface area contributed by atoms with Gasteiger partial charge in [-0.2, -0.15) is 0 Å². The summed E-state index contributed by atoms with van der Waals surface area (Å²) in [4.78, 5) is 2.40. The Morgan fingerprint density at radius 1 is 0.268 bits per heavy atom. The van der Waals surface area contributed by atoms with Gasteiger partial charge in [-0.1, -0.05) is 146 Å². The average Bonchev–Trinajstić information content (AvgIpc) is 3.63. The molecule has 0 bridgehead atoms. The zero-order valence-electron chi connectivity index (χ0n) is 30.6. The van der Waals surface area contributed by atoms with Crippen LogP contribution >= 0.6 is 11.3 Å². The second-order valence-electron chi connectivity index (χ2n) is 14.5. The van der Waals surface area contributed by atoms with Gasteiger partial charge in [0.25, 0.3) is 0 Å². The van der Waals surface area contributed by atoms with E-state index in [1.54, 1.807) is 0 Å². The van der Waals surface area contributed by atoms with Gasteiger partial charge in [0.1, 0.15) is 0 Å². The summed E-state index contributed by atoms with van der Waals surface area (Å²) in [6, 6.07) is 77.8. The van der Waals surface area contributed by atoms with Crippen molar-refractivity contribution in [1.82, 2.24) is 0 Å². The monoisotopic (exact) mass is 729 g/mol. The normalized spacial score (nSPS) is 11.6. The van der Waals surface area contributed by atoms with Crippen LogP contribution < -0.4 is 4.90 Å². The van der Waals surface area contributed by atoms with Crippen LogP contribution in [0.5, 0.6) is 0 Å². The SMILES string of the molecule is c1ccc(-c2ccc(N(c3cccc(-c4cccc(-c5cc6ccccc6c6ccccc56)c4)c3)c3ccc4cc5sc6ccccc6c5cc4c3)cc2)cc1. The molecule has 0 unspecified atom stereocenters. The Bertz CT molecular complexity index is 3250. The molecule has 1 heterocycles. The number of rotatable bonds is 6. The molecule has 0 fully saturated rings. The molecule has 262 valence electrons. The van der Waals surface area contributed by atoms with E-state index in [1.807, 2.05) is 11.3 Å². The Kier molecular flexibility index (Phi) is 7.75. The highest BCUT2D eigenvalue weighted by Gasteiger charge is 2.16. The highest BCUT2D eigenvalue weighted by molar-refractivity contribution is 7.25. The van der Waals surface area contributed by atoms with Gasteiger partial charge in [0.05, 0.1) is 0 Å². The second kappa shape index (κ2) is 13.4. The van der Waals surface area contributed by atoms with Crippen LogP contribution in [0.2, 0.25) is 0 Å². The molecule has 0 saturated carbocycles. The van der Waals surface area contributed by atoms with E-state index in [0.717, 1.165) is 17.1 Å². The Balaban J connectivity index is 1.04. The largest absolute Gasteiger partial charge is 0.310 e. The Morgan fingerprint density at radius 3 is 1.75 bits per heavy atom. The molecule has 56 heavy (non-hydrogen) atoms. The number of hydrogen-bond donors (Lipinski definition) is 0. The summed E-state index contributed by atoms with van der Waals surface area (Å²) < 4.78 is 2.65. The maximum Gasteiger partial charge on any atom is 0.0468 e. The van der Waals surface area contributed by atoms with Crippen LogP contribution in [0, 0.1) is 0 Å². The van der Waals surface area contributed by atoms with E-state index in [-0.39, 0.29) is 0 Å². The van der Waals surface area contributed by atoms with Gasteiger partial charge in [-0.3, -0.25) is 0 Å². The summed E-state index contributed by atoms with van der Waals surface area (Å²) in [7, 11) is 0. The van der Waals surface area contributed by atoms with E-state index in [4.69, 9.17) is 0 Å². The van der Waals surface area contributed by atoms with Gasteiger partial charge in [-0.05, 0) is 132 Å². The molecule has 0 saturated heterocycles. The summed E-state index contributed by atoms with van der Waals surface area (Å²) in [6.07, 6.45) is 0. The molecule has 0 atom stereocenters. The van der Waals surface area contributed by atoms with Crippen molar-refractivity contribution in [1.29, 1.82) is 0 Å². The highest BCUT2D eigenvalue weighted by Crippen LogP contribution is 2.42. The Morgan fingerprint density at radius 2 is 0.893 bits per heavy atom. The van der Waals surface area contributed by atoms with Gasteiger partial charge in [0.2, 0.25) is 0 Å². The topological polar surface area (TPSA) is 3.24 Å². The lowest BCUT2D eigenvalue weighted by molar-refractivity contribution is 1.29. The maximum atomic E-state index is 2.40. The van der Waals surface area contributed by atoms with Crippen molar-refractivity contribution in [2.75, 3.05) is 4.90 Å². The first-order valence-electron chi connectivity index (χ1n) is 19.2. The van der Waals surface area contributed by atoms with Gasteiger partial charge in [-0.15, -0.1) is 11.3 Å². The van der Waals surface area contributed by atoms with Crippen LogP contribution in [-0.4, -0.2) is 0 Å². The molecule has 0 aliphatic heterocycles. The van der Waals surface area contributed by atoms with E-state index >= 15 is 0 Å². The lowest BCUT2D eigenvalue weighted by atomic mass is 9.92. The van der Waals surface area contributed by atoms with Crippen molar-refractivity contribution >= 4 is 80.9 Å². The fourth-order valence-corrected chi connectivity index (χ4v) is 9.60. The molecule has 1 aromatic heterocycles. The molecule has 11 rings (SSSR count). The smallest absolute Gasteiger partial charge is 0.0468 e. The summed E-state index contributed by atoms with van der Waals surface area (Å²) in [6.45, 7) is 0. The van der Waals surface area contributed by atoms with Gasteiger partial charge in [0, 0.05) is 37.2 Å². The molecule has 0 radical (unpaired) electrons. The molecule has 0 amide bonds. The van der Waals surface area contributed by atoms with Crippen LogP contribution in [0.15, 0.2) is 212 Å². The Labute approximate surface area is 330 Å². The fourth-order valence-electron chi connectivity index (χ4n) is 8.46. The molecular formula is C54H35NS. The van der Waals surface area contributed by atoms with Crippen molar-refractivity contribution in [3.8, 4) is 33.4 Å². The molecular weight excluding hydrogens is 695 g/mol. The first-order valence-corrected chi connectivity index (χ1v) is 20.0. The van der Waals surface area contributed by atoms with Crippen molar-refractivity contribution in [2.24, 2.45) is 0 Å².